The Bertz CT molecular complexity index is 436. The molecule has 0 saturated carbocycles. The molecule has 2 N–H and O–H groups in total. The molecule has 110 valence electrons. The number of hydrogen-bond acceptors (Lipinski definition) is 3. The van der Waals surface area contributed by atoms with Crippen LogP contribution in [0.4, 0.5) is 0 Å². The first-order valence-electron chi connectivity index (χ1n) is 7.19. The fourth-order valence-corrected chi connectivity index (χ4v) is 2.80. The summed E-state index contributed by atoms with van der Waals surface area (Å²) in [4.78, 5) is 13.0. The van der Waals surface area contributed by atoms with Gasteiger partial charge >= 0.3 is 5.97 Å². The van der Waals surface area contributed by atoms with Gasteiger partial charge in [-0.05, 0) is 50.8 Å². The van der Waals surface area contributed by atoms with E-state index >= 15 is 0 Å². The van der Waals surface area contributed by atoms with Gasteiger partial charge in [-0.3, -0.25) is 4.90 Å². The summed E-state index contributed by atoms with van der Waals surface area (Å²) < 4.78 is 0. The van der Waals surface area contributed by atoms with E-state index in [0.717, 1.165) is 32.4 Å². The Kier molecular flexibility index (Phi) is 4.78. The summed E-state index contributed by atoms with van der Waals surface area (Å²) in [6.45, 7) is 3.30. The molecule has 2 rings (SSSR count). The van der Waals surface area contributed by atoms with Crippen molar-refractivity contribution in [2.24, 2.45) is 5.92 Å². The van der Waals surface area contributed by atoms with Crippen LogP contribution in [-0.4, -0.2) is 46.3 Å². The van der Waals surface area contributed by atoms with Crippen molar-refractivity contribution in [3.63, 3.8) is 0 Å². The lowest BCUT2D eigenvalue weighted by atomic mass is 9.89. The molecule has 1 fully saturated rings. The van der Waals surface area contributed by atoms with Gasteiger partial charge in [0.2, 0.25) is 0 Å². The molecular weight excluding hydrogens is 254 g/mol. The quantitative estimate of drug-likeness (QED) is 0.861. The highest BCUT2D eigenvalue weighted by atomic mass is 16.4. The molecule has 1 heterocycles. The molecule has 0 aliphatic carbocycles. The molecule has 1 unspecified atom stereocenters. The van der Waals surface area contributed by atoms with Gasteiger partial charge in [-0.25, -0.2) is 4.79 Å². The van der Waals surface area contributed by atoms with Gasteiger partial charge in [0.05, 0.1) is 0 Å². The Morgan fingerprint density at radius 3 is 2.45 bits per heavy atom. The van der Waals surface area contributed by atoms with Crippen molar-refractivity contribution in [1.29, 1.82) is 0 Å². The predicted molar refractivity (Wildman–Crippen MR) is 77.6 cm³/mol. The number of hydrogen-bond donors (Lipinski definition) is 2. The number of β-amino-alcohol motifs (C(OH)–C–C–N with tert-alkyl or cyclic N) is 1. The van der Waals surface area contributed by atoms with Gasteiger partial charge < -0.3 is 10.2 Å². The second kappa shape index (κ2) is 6.37. The van der Waals surface area contributed by atoms with E-state index in [1.165, 1.54) is 12.5 Å². The summed E-state index contributed by atoms with van der Waals surface area (Å²) in [6.07, 6.45) is 3.21. The number of benzene rings is 1. The third-order valence-electron chi connectivity index (χ3n) is 4.07. The van der Waals surface area contributed by atoms with Crippen molar-refractivity contribution in [1.82, 2.24) is 4.90 Å². The van der Waals surface area contributed by atoms with E-state index in [4.69, 9.17) is 5.11 Å². The van der Waals surface area contributed by atoms with Gasteiger partial charge in [-0.2, -0.15) is 0 Å². The van der Waals surface area contributed by atoms with Crippen LogP contribution in [0.1, 0.15) is 25.3 Å². The maximum atomic E-state index is 10.9. The van der Waals surface area contributed by atoms with Gasteiger partial charge in [0.15, 0.2) is 5.60 Å². The zero-order chi connectivity index (χ0) is 14.6. The number of carboxylic acids is 1. The molecule has 4 heteroatoms. The lowest BCUT2D eigenvalue weighted by Gasteiger charge is -2.35. The number of aliphatic carboxylic acids is 1. The maximum Gasteiger partial charge on any atom is 0.336 e. The molecule has 20 heavy (non-hydrogen) atoms. The van der Waals surface area contributed by atoms with Gasteiger partial charge in [-0.1, -0.05) is 30.3 Å². The van der Waals surface area contributed by atoms with E-state index < -0.39 is 11.6 Å². The van der Waals surface area contributed by atoms with Crippen LogP contribution in [0, 0.1) is 5.92 Å². The van der Waals surface area contributed by atoms with Gasteiger partial charge in [-0.15, -0.1) is 0 Å². The van der Waals surface area contributed by atoms with E-state index in [0.29, 0.717) is 5.92 Å². The molecule has 1 atom stereocenters. The van der Waals surface area contributed by atoms with Crippen LogP contribution in [0.25, 0.3) is 0 Å². The number of rotatable bonds is 5. The lowest BCUT2D eigenvalue weighted by molar-refractivity contribution is -0.158. The van der Waals surface area contributed by atoms with Crippen LogP contribution in [0.3, 0.4) is 0 Å². The van der Waals surface area contributed by atoms with E-state index in [-0.39, 0.29) is 6.54 Å². The highest BCUT2D eigenvalue weighted by molar-refractivity contribution is 5.76. The largest absolute Gasteiger partial charge is 0.479 e. The predicted octanol–water partition coefficient (Wildman–Crippen LogP) is 1.78. The maximum absolute atomic E-state index is 10.9. The smallest absolute Gasteiger partial charge is 0.336 e. The number of nitrogens with zero attached hydrogens (tertiary/aromatic N) is 1. The topological polar surface area (TPSA) is 60.8 Å². The zero-order valence-electron chi connectivity index (χ0n) is 12.0. The molecule has 0 spiro atoms. The van der Waals surface area contributed by atoms with Crippen LogP contribution in [0.5, 0.6) is 0 Å². The van der Waals surface area contributed by atoms with Gasteiger partial charge in [0.1, 0.15) is 0 Å². The Hall–Kier alpha value is -1.39. The third kappa shape index (κ3) is 4.05. The van der Waals surface area contributed by atoms with E-state index in [1.807, 2.05) is 6.07 Å². The normalized spacial score (nSPS) is 20.5. The molecule has 1 aliphatic heterocycles. The molecule has 1 aromatic carbocycles. The van der Waals surface area contributed by atoms with Gasteiger partial charge in [0.25, 0.3) is 0 Å². The SMILES string of the molecule is CC(O)(CN1CCC(Cc2ccccc2)CC1)C(=O)O. The van der Waals surface area contributed by atoms with Crippen molar-refractivity contribution in [2.45, 2.75) is 31.8 Å². The Morgan fingerprint density at radius 2 is 1.90 bits per heavy atom. The van der Waals surface area contributed by atoms with Crippen LogP contribution in [-0.2, 0) is 11.2 Å². The monoisotopic (exact) mass is 277 g/mol. The highest BCUT2D eigenvalue weighted by Gasteiger charge is 2.33. The fourth-order valence-electron chi connectivity index (χ4n) is 2.80. The average molecular weight is 277 g/mol. The minimum absolute atomic E-state index is 0.209. The second-order valence-corrected chi connectivity index (χ2v) is 5.99. The Morgan fingerprint density at radius 1 is 1.30 bits per heavy atom. The van der Waals surface area contributed by atoms with Crippen molar-refractivity contribution in [2.75, 3.05) is 19.6 Å². The summed E-state index contributed by atoms with van der Waals surface area (Å²) >= 11 is 0. The van der Waals surface area contributed by atoms with Gasteiger partial charge in [0, 0.05) is 6.54 Å². The fraction of sp³-hybridized carbons (Fsp3) is 0.562. The van der Waals surface area contributed by atoms with Crippen LogP contribution < -0.4 is 0 Å². The third-order valence-corrected chi connectivity index (χ3v) is 4.07. The minimum atomic E-state index is -1.65. The average Bonchev–Trinajstić information content (AvgIpc) is 2.42. The minimum Gasteiger partial charge on any atom is -0.479 e. The summed E-state index contributed by atoms with van der Waals surface area (Å²) in [7, 11) is 0. The number of piperidine rings is 1. The Balaban J connectivity index is 1.79. The molecule has 1 aromatic rings. The van der Waals surface area contributed by atoms with Crippen LogP contribution >= 0.6 is 0 Å². The summed E-state index contributed by atoms with van der Waals surface area (Å²) in [5.41, 5.74) is -0.282. The van der Waals surface area contributed by atoms with Crippen LogP contribution in [0.2, 0.25) is 0 Å². The van der Waals surface area contributed by atoms with E-state index in [9.17, 15) is 9.90 Å². The van der Waals surface area contributed by atoms with E-state index in [1.54, 1.807) is 0 Å². The van der Waals surface area contributed by atoms with Crippen molar-refractivity contribution < 1.29 is 15.0 Å². The first-order chi connectivity index (χ1) is 9.47. The number of likely N-dealkylation sites (tertiary alicyclic amines) is 1. The molecule has 0 aromatic heterocycles. The zero-order valence-corrected chi connectivity index (χ0v) is 12.0. The molecule has 1 aliphatic rings. The van der Waals surface area contributed by atoms with Crippen molar-refractivity contribution in [3.8, 4) is 0 Å². The number of carbonyl (C=O) groups is 1. The number of carboxylic acid groups (broad SMARTS) is 1. The summed E-state index contributed by atoms with van der Waals surface area (Å²) in [5.74, 6) is -0.493. The first kappa shape index (κ1) is 15.0. The molecule has 1 saturated heterocycles. The molecule has 0 bridgehead atoms. The molecule has 0 radical (unpaired) electrons. The molecular formula is C16H23NO3. The lowest BCUT2D eigenvalue weighted by Crippen LogP contribution is -2.49. The highest BCUT2D eigenvalue weighted by Crippen LogP contribution is 2.22. The van der Waals surface area contributed by atoms with Crippen molar-refractivity contribution >= 4 is 5.97 Å². The Labute approximate surface area is 120 Å². The summed E-state index contributed by atoms with van der Waals surface area (Å²) in [6, 6.07) is 10.5. The van der Waals surface area contributed by atoms with Crippen LogP contribution in [0.15, 0.2) is 30.3 Å². The molecule has 4 nitrogen and oxygen atoms in total. The second-order valence-electron chi connectivity index (χ2n) is 5.99. The number of aliphatic hydroxyl groups is 1. The van der Waals surface area contributed by atoms with Crippen molar-refractivity contribution in [3.05, 3.63) is 35.9 Å². The summed E-state index contributed by atoms with van der Waals surface area (Å²) in [5, 5.41) is 18.7. The van der Waals surface area contributed by atoms with E-state index in [2.05, 4.69) is 29.2 Å². The first-order valence-corrected chi connectivity index (χ1v) is 7.19. The molecule has 0 amide bonds. The standard InChI is InChI=1S/C16H23NO3/c1-16(20,15(18)19)12-17-9-7-14(8-10-17)11-13-5-3-2-4-6-13/h2-6,14,20H,7-12H2,1H3,(H,18,19).